The van der Waals surface area contributed by atoms with Gasteiger partial charge in [-0.15, -0.1) is 0 Å². The van der Waals surface area contributed by atoms with Crippen molar-refractivity contribution in [1.82, 2.24) is 5.32 Å². The van der Waals surface area contributed by atoms with Crippen molar-refractivity contribution < 1.29 is 4.39 Å². The molecule has 0 amide bonds. The Balaban J connectivity index is 1.60. The Labute approximate surface area is 113 Å². The van der Waals surface area contributed by atoms with Crippen LogP contribution in [0.2, 0.25) is 5.02 Å². The molecule has 1 atom stereocenters. The van der Waals surface area contributed by atoms with Gasteiger partial charge in [0, 0.05) is 12.6 Å². The third-order valence-corrected chi connectivity index (χ3v) is 4.83. The summed E-state index contributed by atoms with van der Waals surface area (Å²) in [5, 5.41) is 3.80. The number of rotatable bonds is 5. The normalized spacial score (nSPS) is 22.8. The summed E-state index contributed by atoms with van der Waals surface area (Å²) in [7, 11) is 0. The van der Waals surface area contributed by atoms with Gasteiger partial charge in [-0.3, -0.25) is 0 Å². The molecule has 18 heavy (non-hydrogen) atoms. The first-order valence-electron chi connectivity index (χ1n) is 6.79. The van der Waals surface area contributed by atoms with E-state index < -0.39 is 0 Å². The first kappa shape index (κ1) is 12.4. The second-order valence-corrected chi connectivity index (χ2v) is 6.32. The number of benzene rings is 1. The minimum Gasteiger partial charge on any atom is -0.310 e. The van der Waals surface area contributed by atoms with Crippen LogP contribution in [-0.2, 0) is 0 Å². The van der Waals surface area contributed by atoms with Gasteiger partial charge in [-0.05, 0) is 61.6 Å². The molecule has 2 aliphatic carbocycles. The highest BCUT2D eigenvalue weighted by atomic mass is 35.5. The van der Waals surface area contributed by atoms with E-state index in [1.807, 2.05) is 6.07 Å². The van der Waals surface area contributed by atoms with Crippen LogP contribution in [0, 0.1) is 17.2 Å². The van der Waals surface area contributed by atoms with Crippen LogP contribution in [0.3, 0.4) is 0 Å². The monoisotopic (exact) mass is 267 g/mol. The zero-order chi connectivity index (χ0) is 12.8. The van der Waals surface area contributed by atoms with Crippen LogP contribution in [0.5, 0.6) is 0 Å². The van der Waals surface area contributed by atoms with Crippen molar-refractivity contribution >= 4 is 11.6 Å². The van der Waals surface area contributed by atoms with Crippen molar-refractivity contribution in [2.75, 3.05) is 6.54 Å². The summed E-state index contributed by atoms with van der Waals surface area (Å²) in [4.78, 5) is 0. The van der Waals surface area contributed by atoms with Crippen LogP contribution in [0.1, 0.15) is 44.2 Å². The highest BCUT2D eigenvalue weighted by Gasteiger charge is 2.53. The van der Waals surface area contributed by atoms with Gasteiger partial charge >= 0.3 is 0 Å². The van der Waals surface area contributed by atoms with Gasteiger partial charge in [0.05, 0.1) is 5.02 Å². The Kier molecular flexibility index (Phi) is 3.11. The average molecular weight is 268 g/mol. The highest BCUT2D eigenvalue weighted by Crippen LogP contribution is 2.60. The standard InChI is InChI=1S/C15H19ClFN/c1-10(11-2-5-14(17)13(16)8-11)18-9-15(6-7-15)12-3-4-12/h2,5,8,10,12,18H,3-4,6-7,9H2,1H3. The van der Waals surface area contributed by atoms with E-state index in [-0.39, 0.29) is 16.9 Å². The van der Waals surface area contributed by atoms with Crippen molar-refractivity contribution in [3.05, 3.63) is 34.6 Å². The quantitative estimate of drug-likeness (QED) is 0.838. The molecule has 2 saturated carbocycles. The summed E-state index contributed by atoms with van der Waals surface area (Å²) in [5.41, 5.74) is 1.66. The van der Waals surface area contributed by atoms with Crippen LogP contribution >= 0.6 is 11.6 Å². The summed E-state index contributed by atoms with van der Waals surface area (Å²) in [6.45, 7) is 3.21. The Hall–Kier alpha value is -0.600. The smallest absolute Gasteiger partial charge is 0.141 e. The van der Waals surface area contributed by atoms with Gasteiger partial charge in [-0.1, -0.05) is 17.7 Å². The Bertz CT molecular complexity index is 452. The fraction of sp³-hybridized carbons (Fsp3) is 0.600. The molecule has 0 spiro atoms. The van der Waals surface area contributed by atoms with Crippen molar-refractivity contribution in [1.29, 1.82) is 0 Å². The third-order valence-electron chi connectivity index (χ3n) is 4.54. The lowest BCUT2D eigenvalue weighted by Gasteiger charge is -2.20. The summed E-state index contributed by atoms with van der Waals surface area (Å²) in [5.74, 6) is 0.623. The lowest BCUT2D eigenvalue weighted by atomic mass is 9.99. The van der Waals surface area contributed by atoms with Crippen LogP contribution in [0.25, 0.3) is 0 Å². The van der Waals surface area contributed by atoms with E-state index in [2.05, 4.69) is 12.2 Å². The van der Waals surface area contributed by atoms with E-state index in [1.54, 1.807) is 6.07 Å². The molecule has 3 rings (SSSR count). The first-order chi connectivity index (χ1) is 8.61. The summed E-state index contributed by atoms with van der Waals surface area (Å²) in [6, 6.07) is 5.23. The van der Waals surface area contributed by atoms with Crippen LogP contribution in [-0.4, -0.2) is 6.54 Å². The van der Waals surface area contributed by atoms with Crippen LogP contribution in [0.15, 0.2) is 18.2 Å². The molecular formula is C15H19ClFN. The minimum atomic E-state index is -0.343. The van der Waals surface area contributed by atoms with Gasteiger partial charge in [-0.25, -0.2) is 4.39 Å². The first-order valence-corrected chi connectivity index (χ1v) is 7.17. The maximum atomic E-state index is 13.1. The summed E-state index contributed by atoms with van der Waals surface area (Å²) < 4.78 is 13.1. The SMILES string of the molecule is CC(NCC1(C2CC2)CC1)c1ccc(F)c(Cl)c1. The van der Waals surface area contributed by atoms with E-state index >= 15 is 0 Å². The molecule has 1 nitrogen and oxygen atoms in total. The molecule has 2 aliphatic rings. The summed E-state index contributed by atoms with van der Waals surface area (Å²) >= 11 is 5.82. The van der Waals surface area contributed by atoms with Gasteiger partial charge in [0.2, 0.25) is 0 Å². The predicted molar refractivity (Wildman–Crippen MR) is 72.2 cm³/mol. The predicted octanol–water partition coefficient (Wildman–Crippen LogP) is 4.32. The molecule has 0 aromatic heterocycles. The lowest BCUT2D eigenvalue weighted by molar-refractivity contribution is 0.382. The maximum Gasteiger partial charge on any atom is 0.141 e. The van der Waals surface area contributed by atoms with E-state index in [0.29, 0.717) is 5.41 Å². The molecule has 0 radical (unpaired) electrons. The molecule has 2 fully saturated rings. The molecule has 0 bridgehead atoms. The van der Waals surface area contributed by atoms with Crippen LogP contribution < -0.4 is 5.32 Å². The number of hydrogen-bond donors (Lipinski definition) is 1. The topological polar surface area (TPSA) is 12.0 Å². The molecule has 0 aliphatic heterocycles. The second kappa shape index (κ2) is 4.50. The van der Waals surface area contributed by atoms with Crippen molar-refractivity contribution in [2.24, 2.45) is 11.3 Å². The van der Waals surface area contributed by atoms with Gasteiger partial charge in [-0.2, -0.15) is 0 Å². The molecule has 0 saturated heterocycles. The molecule has 0 heterocycles. The van der Waals surface area contributed by atoms with E-state index in [4.69, 9.17) is 11.6 Å². The average Bonchev–Trinajstić information content (AvgIpc) is 3.22. The summed E-state index contributed by atoms with van der Waals surface area (Å²) in [6.07, 6.45) is 5.58. The number of halogens is 2. The van der Waals surface area contributed by atoms with Gasteiger partial charge in [0.25, 0.3) is 0 Å². The number of nitrogens with one attached hydrogen (secondary N) is 1. The molecule has 1 unspecified atom stereocenters. The van der Waals surface area contributed by atoms with Crippen molar-refractivity contribution in [3.8, 4) is 0 Å². The van der Waals surface area contributed by atoms with E-state index in [1.165, 1.54) is 31.7 Å². The molecular weight excluding hydrogens is 249 g/mol. The Morgan fingerprint density at radius 3 is 2.72 bits per heavy atom. The molecule has 1 aromatic rings. The maximum absolute atomic E-state index is 13.1. The molecule has 1 N–H and O–H groups in total. The highest BCUT2D eigenvalue weighted by molar-refractivity contribution is 6.30. The van der Waals surface area contributed by atoms with Crippen molar-refractivity contribution in [3.63, 3.8) is 0 Å². The van der Waals surface area contributed by atoms with Crippen LogP contribution in [0.4, 0.5) is 4.39 Å². The Morgan fingerprint density at radius 1 is 1.44 bits per heavy atom. The zero-order valence-electron chi connectivity index (χ0n) is 10.7. The molecule has 1 aromatic carbocycles. The van der Waals surface area contributed by atoms with Gasteiger partial charge < -0.3 is 5.32 Å². The van der Waals surface area contributed by atoms with Gasteiger partial charge in [0.15, 0.2) is 0 Å². The van der Waals surface area contributed by atoms with E-state index in [0.717, 1.165) is 18.0 Å². The fourth-order valence-electron chi connectivity index (χ4n) is 2.84. The van der Waals surface area contributed by atoms with Gasteiger partial charge in [0.1, 0.15) is 5.82 Å². The minimum absolute atomic E-state index is 0.212. The molecule has 3 heteroatoms. The number of hydrogen-bond acceptors (Lipinski definition) is 1. The second-order valence-electron chi connectivity index (χ2n) is 5.91. The zero-order valence-corrected chi connectivity index (χ0v) is 11.4. The Morgan fingerprint density at radius 2 is 2.17 bits per heavy atom. The van der Waals surface area contributed by atoms with E-state index in [9.17, 15) is 4.39 Å². The largest absolute Gasteiger partial charge is 0.310 e. The lowest BCUT2D eigenvalue weighted by Crippen LogP contribution is -2.28. The third kappa shape index (κ3) is 2.41. The molecule has 98 valence electrons. The fourth-order valence-corrected chi connectivity index (χ4v) is 3.03. The van der Waals surface area contributed by atoms with Crippen molar-refractivity contribution in [2.45, 2.75) is 38.6 Å².